The molecule has 5 aliphatic rings. The van der Waals surface area contributed by atoms with Crippen LogP contribution in [0.1, 0.15) is 58.8 Å². The van der Waals surface area contributed by atoms with E-state index in [9.17, 15) is 0 Å². The highest BCUT2D eigenvalue weighted by Crippen LogP contribution is 2.67. The lowest BCUT2D eigenvalue weighted by atomic mass is 9.48. The molecular formula is C22H34N2. The molecule has 1 aliphatic heterocycles. The van der Waals surface area contributed by atoms with Gasteiger partial charge in [0, 0.05) is 25.3 Å². The summed E-state index contributed by atoms with van der Waals surface area (Å²) in [6, 6.07) is 0.757. The summed E-state index contributed by atoms with van der Waals surface area (Å²) in [5, 5.41) is 7.26. The van der Waals surface area contributed by atoms with Crippen LogP contribution in [-0.2, 0) is 0 Å². The van der Waals surface area contributed by atoms with Gasteiger partial charge in [0.25, 0.3) is 0 Å². The van der Waals surface area contributed by atoms with Gasteiger partial charge in [0.1, 0.15) is 0 Å². The maximum Gasteiger partial charge on any atom is 0.0107 e. The standard InChI is InChI=1S/C22H34N2/c1-14-18-6-7-20-17-5-4-15-12-16(23-3)8-10-21(15,2)19(17)9-11-22(18,20)13-24-14/h4,12,14,17-20,23-24H,5-11,13H2,1-3H3/t14-,17+,18+,19-,20-,21-,22-/m0/s1. The Morgan fingerprint density at radius 3 is 2.79 bits per heavy atom. The molecule has 1 saturated heterocycles. The van der Waals surface area contributed by atoms with E-state index >= 15 is 0 Å². The number of nitrogens with one attached hydrogen (secondary N) is 2. The summed E-state index contributed by atoms with van der Waals surface area (Å²) in [5.41, 5.74) is 4.20. The second kappa shape index (κ2) is 5.13. The van der Waals surface area contributed by atoms with Gasteiger partial charge in [-0.1, -0.05) is 13.0 Å². The third kappa shape index (κ3) is 1.81. The van der Waals surface area contributed by atoms with E-state index in [1.165, 1.54) is 57.2 Å². The van der Waals surface area contributed by atoms with Crippen LogP contribution in [0.15, 0.2) is 23.4 Å². The van der Waals surface area contributed by atoms with Crippen molar-refractivity contribution < 1.29 is 0 Å². The molecule has 132 valence electrons. The van der Waals surface area contributed by atoms with Crippen molar-refractivity contribution in [3.8, 4) is 0 Å². The highest BCUT2D eigenvalue weighted by molar-refractivity contribution is 5.37. The van der Waals surface area contributed by atoms with E-state index in [1.807, 2.05) is 0 Å². The number of fused-ring (bicyclic) bond motifs is 4. The average Bonchev–Trinajstić information content (AvgIpc) is 3.12. The molecule has 2 N–H and O–H groups in total. The van der Waals surface area contributed by atoms with Gasteiger partial charge in [-0.05, 0) is 98.0 Å². The van der Waals surface area contributed by atoms with Gasteiger partial charge in [-0.15, -0.1) is 0 Å². The number of rotatable bonds is 1. The Bertz CT molecular complexity index is 605. The lowest BCUT2D eigenvalue weighted by Gasteiger charge is -2.57. The van der Waals surface area contributed by atoms with Gasteiger partial charge >= 0.3 is 0 Å². The SMILES string of the molecule is CNC1=CC2=CC[C@H]3[C@@H]4CC[C@@H]5[C@H](C)NC[C@@]54CC[C@@H]3[C@@]2(C)CC1. The Hall–Kier alpha value is -0.760. The molecule has 3 fully saturated rings. The van der Waals surface area contributed by atoms with E-state index < -0.39 is 0 Å². The summed E-state index contributed by atoms with van der Waals surface area (Å²) >= 11 is 0. The smallest absolute Gasteiger partial charge is 0.0107 e. The topological polar surface area (TPSA) is 24.1 Å². The van der Waals surface area contributed by atoms with Crippen molar-refractivity contribution in [1.29, 1.82) is 0 Å². The van der Waals surface area contributed by atoms with Crippen LogP contribution in [0.2, 0.25) is 0 Å². The van der Waals surface area contributed by atoms with Crippen molar-refractivity contribution >= 4 is 0 Å². The molecule has 0 aromatic rings. The summed E-state index contributed by atoms with van der Waals surface area (Å²) in [6.07, 6.45) is 15.0. The molecule has 24 heavy (non-hydrogen) atoms. The fraction of sp³-hybridized carbons (Fsp3) is 0.818. The first-order valence-electron chi connectivity index (χ1n) is 10.4. The van der Waals surface area contributed by atoms with Gasteiger partial charge < -0.3 is 10.6 Å². The van der Waals surface area contributed by atoms with Gasteiger partial charge in [-0.25, -0.2) is 0 Å². The molecule has 0 amide bonds. The van der Waals surface area contributed by atoms with Gasteiger partial charge in [0.2, 0.25) is 0 Å². The zero-order valence-corrected chi connectivity index (χ0v) is 15.7. The highest BCUT2D eigenvalue weighted by Gasteiger charge is 2.62. The van der Waals surface area contributed by atoms with Crippen molar-refractivity contribution in [2.24, 2.45) is 34.5 Å². The zero-order chi connectivity index (χ0) is 16.5. The highest BCUT2D eigenvalue weighted by atomic mass is 15.0. The molecule has 0 radical (unpaired) electrons. The molecule has 2 nitrogen and oxygen atoms in total. The first kappa shape index (κ1) is 15.5. The van der Waals surface area contributed by atoms with Crippen LogP contribution in [0.4, 0.5) is 0 Å². The van der Waals surface area contributed by atoms with Gasteiger partial charge in [0.15, 0.2) is 0 Å². The molecule has 4 aliphatic carbocycles. The van der Waals surface area contributed by atoms with E-state index in [1.54, 1.807) is 5.57 Å². The molecule has 0 aromatic heterocycles. The summed E-state index contributed by atoms with van der Waals surface area (Å²) in [7, 11) is 2.08. The Kier molecular flexibility index (Phi) is 3.31. The van der Waals surface area contributed by atoms with Crippen LogP contribution in [0.3, 0.4) is 0 Å². The number of hydrogen-bond acceptors (Lipinski definition) is 2. The maximum atomic E-state index is 3.85. The molecule has 0 aromatic carbocycles. The van der Waals surface area contributed by atoms with Crippen molar-refractivity contribution in [3.63, 3.8) is 0 Å². The number of allylic oxidation sites excluding steroid dienone is 4. The summed E-state index contributed by atoms with van der Waals surface area (Å²) in [4.78, 5) is 0. The quantitative estimate of drug-likeness (QED) is 0.753. The minimum atomic E-state index is 0.445. The van der Waals surface area contributed by atoms with E-state index in [2.05, 4.69) is 43.7 Å². The molecule has 0 bridgehead atoms. The van der Waals surface area contributed by atoms with E-state index in [4.69, 9.17) is 0 Å². The summed E-state index contributed by atoms with van der Waals surface area (Å²) < 4.78 is 0. The van der Waals surface area contributed by atoms with Gasteiger partial charge in [-0.3, -0.25) is 0 Å². The Morgan fingerprint density at radius 1 is 1.12 bits per heavy atom. The van der Waals surface area contributed by atoms with E-state index in [0.29, 0.717) is 10.8 Å². The number of hydrogen-bond donors (Lipinski definition) is 2. The molecular weight excluding hydrogens is 292 g/mol. The average molecular weight is 327 g/mol. The zero-order valence-electron chi connectivity index (χ0n) is 15.7. The van der Waals surface area contributed by atoms with E-state index in [0.717, 1.165) is 29.7 Å². The van der Waals surface area contributed by atoms with Crippen molar-refractivity contribution in [2.45, 2.75) is 64.8 Å². The summed E-state index contributed by atoms with van der Waals surface area (Å²) in [6.45, 7) is 6.35. The largest absolute Gasteiger partial charge is 0.391 e. The van der Waals surface area contributed by atoms with Crippen molar-refractivity contribution in [2.75, 3.05) is 13.6 Å². The molecule has 5 rings (SSSR count). The molecule has 2 heteroatoms. The monoisotopic (exact) mass is 326 g/mol. The van der Waals surface area contributed by atoms with Crippen LogP contribution < -0.4 is 10.6 Å². The Balaban J connectivity index is 1.50. The lowest BCUT2D eigenvalue weighted by Crippen LogP contribution is -2.50. The molecule has 1 spiro atoms. The predicted octanol–water partition coefficient (Wildman–Crippen LogP) is 4.25. The lowest BCUT2D eigenvalue weighted by molar-refractivity contribution is -0.0308. The van der Waals surface area contributed by atoms with Crippen molar-refractivity contribution in [1.82, 2.24) is 10.6 Å². The normalized spacial score (nSPS) is 52.5. The third-order valence-corrected chi connectivity index (χ3v) is 9.23. The van der Waals surface area contributed by atoms with Crippen LogP contribution in [0, 0.1) is 34.5 Å². The molecule has 2 saturated carbocycles. The van der Waals surface area contributed by atoms with Gasteiger partial charge in [-0.2, -0.15) is 0 Å². The first-order chi connectivity index (χ1) is 11.6. The fourth-order valence-electron chi connectivity index (χ4n) is 7.97. The van der Waals surface area contributed by atoms with Crippen LogP contribution in [0.5, 0.6) is 0 Å². The predicted molar refractivity (Wildman–Crippen MR) is 99.5 cm³/mol. The molecule has 1 heterocycles. The van der Waals surface area contributed by atoms with Gasteiger partial charge in [0.05, 0.1) is 0 Å². The minimum Gasteiger partial charge on any atom is -0.391 e. The Labute approximate surface area is 147 Å². The van der Waals surface area contributed by atoms with E-state index in [-0.39, 0.29) is 0 Å². The second-order valence-corrected chi connectivity index (χ2v) is 9.73. The van der Waals surface area contributed by atoms with Crippen LogP contribution in [-0.4, -0.2) is 19.6 Å². The first-order valence-corrected chi connectivity index (χ1v) is 10.4. The summed E-state index contributed by atoms with van der Waals surface area (Å²) in [5.74, 6) is 3.83. The third-order valence-electron chi connectivity index (χ3n) is 9.23. The van der Waals surface area contributed by atoms with Crippen LogP contribution >= 0.6 is 0 Å². The second-order valence-electron chi connectivity index (χ2n) is 9.73. The fourth-order valence-corrected chi connectivity index (χ4v) is 7.97. The van der Waals surface area contributed by atoms with Crippen LogP contribution in [0.25, 0.3) is 0 Å². The van der Waals surface area contributed by atoms with Crippen molar-refractivity contribution in [3.05, 3.63) is 23.4 Å². The maximum absolute atomic E-state index is 3.85. The minimum absolute atomic E-state index is 0.445. The molecule has 7 atom stereocenters. The molecule has 0 unspecified atom stereocenters. The Morgan fingerprint density at radius 2 is 1.96 bits per heavy atom.